The third-order valence-electron chi connectivity index (χ3n) is 4.48. The van der Waals surface area contributed by atoms with Gasteiger partial charge in [0, 0.05) is 37.6 Å². The van der Waals surface area contributed by atoms with Crippen LogP contribution in [0.1, 0.15) is 33.5 Å². The average molecular weight is 397 g/mol. The SMILES string of the molecule is CCOC(=O)c1ccc(Nc2nc(C)cc(C(=O)N3CCN(C=O)CC3)n2)cc1. The molecule has 29 heavy (non-hydrogen) atoms. The molecule has 1 N–H and O–H groups in total. The van der Waals surface area contributed by atoms with Crippen LogP contribution >= 0.6 is 0 Å². The summed E-state index contributed by atoms with van der Waals surface area (Å²) >= 11 is 0. The number of anilines is 2. The van der Waals surface area contributed by atoms with Crippen molar-refractivity contribution in [2.45, 2.75) is 13.8 Å². The van der Waals surface area contributed by atoms with Crippen LogP contribution in [-0.4, -0.2) is 70.8 Å². The van der Waals surface area contributed by atoms with Gasteiger partial charge in [-0.2, -0.15) is 0 Å². The van der Waals surface area contributed by atoms with E-state index in [1.807, 2.05) is 0 Å². The maximum absolute atomic E-state index is 12.8. The number of aromatic nitrogens is 2. The van der Waals surface area contributed by atoms with Gasteiger partial charge in [-0.05, 0) is 44.2 Å². The summed E-state index contributed by atoms with van der Waals surface area (Å²) in [7, 11) is 0. The Hall–Kier alpha value is -3.49. The van der Waals surface area contributed by atoms with Crippen molar-refractivity contribution >= 4 is 29.9 Å². The molecule has 9 nitrogen and oxygen atoms in total. The molecule has 1 aromatic carbocycles. The highest BCUT2D eigenvalue weighted by atomic mass is 16.5. The molecular formula is C20H23N5O4. The zero-order valence-corrected chi connectivity index (χ0v) is 16.4. The van der Waals surface area contributed by atoms with Crippen LogP contribution in [0.25, 0.3) is 0 Å². The second-order valence-electron chi connectivity index (χ2n) is 6.57. The molecule has 2 aromatic rings. The molecule has 1 aliphatic heterocycles. The average Bonchev–Trinajstić information content (AvgIpc) is 2.73. The van der Waals surface area contributed by atoms with Crippen LogP contribution in [0.4, 0.5) is 11.6 Å². The number of hydrogen-bond donors (Lipinski definition) is 1. The van der Waals surface area contributed by atoms with Gasteiger partial charge in [0.25, 0.3) is 5.91 Å². The van der Waals surface area contributed by atoms with Crippen molar-refractivity contribution in [2.75, 3.05) is 38.1 Å². The van der Waals surface area contributed by atoms with Gasteiger partial charge >= 0.3 is 5.97 Å². The third-order valence-corrected chi connectivity index (χ3v) is 4.48. The molecule has 3 rings (SSSR count). The van der Waals surface area contributed by atoms with E-state index in [0.717, 1.165) is 6.41 Å². The normalized spacial score (nSPS) is 13.7. The maximum atomic E-state index is 12.8. The number of rotatable bonds is 6. The summed E-state index contributed by atoms with van der Waals surface area (Å²) in [6.07, 6.45) is 0.798. The van der Waals surface area contributed by atoms with Gasteiger partial charge in [0.1, 0.15) is 5.69 Å². The third kappa shape index (κ3) is 5.07. The molecule has 152 valence electrons. The number of hydrogen-bond acceptors (Lipinski definition) is 7. The van der Waals surface area contributed by atoms with Crippen molar-refractivity contribution < 1.29 is 19.1 Å². The summed E-state index contributed by atoms with van der Waals surface area (Å²) in [5.41, 5.74) is 2.08. The zero-order valence-electron chi connectivity index (χ0n) is 16.4. The van der Waals surface area contributed by atoms with Gasteiger partial charge in [-0.15, -0.1) is 0 Å². The van der Waals surface area contributed by atoms with E-state index in [1.165, 1.54) is 0 Å². The smallest absolute Gasteiger partial charge is 0.338 e. The molecule has 0 unspecified atom stereocenters. The van der Waals surface area contributed by atoms with Crippen molar-refractivity contribution in [1.29, 1.82) is 0 Å². The molecule has 0 radical (unpaired) electrons. The summed E-state index contributed by atoms with van der Waals surface area (Å²) < 4.78 is 4.97. The van der Waals surface area contributed by atoms with Crippen LogP contribution in [-0.2, 0) is 9.53 Å². The van der Waals surface area contributed by atoms with Crippen LogP contribution in [0.3, 0.4) is 0 Å². The molecule has 1 fully saturated rings. The molecule has 9 heteroatoms. The van der Waals surface area contributed by atoms with Gasteiger partial charge in [0.05, 0.1) is 12.2 Å². The quantitative estimate of drug-likeness (QED) is 0.583. The minimum atomic E-state index is -0.381. The van der Waals surface area contributed by atoms with Crippen molar-refractivity contribution in [3.8, 4) is 0 Å². The van der Waals surface area contributed by atoms with E-state index in [2.05, 4.69) is 15.3 Å². The highest BCUT2D eigenvalue weighted by Crippen LogP contribution is 2.16. The Morgan fingerprint density at radius 1 is 1.14 bits per heavy atom. The van der Waals surface area contributed by atoms with Crippen molar-refractivity contribution in [1.82, 2.24) is 19.8 Å². The monoisotopic (exact) mass is 397 g/mol. The van der Waals surface area contributed by atoms with Crippen LogP contribution < -0.4 is 5.32 Å². The highest BCUT2D eigenvalue weighted by molar-refractivity contribution is 5.93. The number of piperazine rings is 1. The fourth-order valence-corrected chi connectivity index (χ4v) is 2.96. The topological polar surface area (TPSA) is 105 Å². The van der Waals surface area contributed by atoms with E-state index in [1.54, 1.807) is 54.0 Å². The number of nitrogens with one attached hydrogen (secondary N) is 1. The predicted molar refractivity (Wildman–Crippen MR) is 106 cm³/mol. The first-order valence-electron chi connectivity index (χ1n) is 9.38. The first-order chi connectivity index (χ1) is 14.0. The number of nitrogens with zero attached hydrogens (tertiary/aromatic N) is 4. The van der Waals surface area contributed by atoms with Crippen LogP contribution in [0.15, 0.2) is 30.3 Å². The summed E-state index contributed by atoms with van der Waals surface area (Å²) in [5, 5.41) is 3.06. The molecule has 0 bridgehead atoms. The number of benzene rings is 1. The Morgan fingerprint density at radius 3 is 2.45 bits per heavy atom. The summed E-state index contributed by atoms with van der Waals surface area (Å²) in [6, 6.07) is 8.38. The fourth-order valence-electron chi connectivity index (χ4n) is 2.96. The van der Waals surface area contributed by atoms with Gasteiger partial charge < -0.3 is 19.9 Å². The second-order valence-corrected chi connectivity index (χ2v) is 6.57. The second kappa shape index (κ2) is 9.13. The molecule has 0 aliphatic carbocycles. The van der Waals surface area contributed by atoms with E-state index in [4.69, 9.17) is 4.74 Å². The fraction of sp³-hybridized carbons (Fsp3) is 0.350. The van der Waals surface area contributed by atoms with E-state index in [0.29, 0.717) is 61.4 Å². The van der Waals surface area contributed by atoms with Gasteiger partial charge in [-0.25, -0.2) is 14.8 Å². The Labute approximate surface area is 168 Å². The lowest BCUT2D eigenvalue weighted by atomic mass is 10.2. The number of ether oxygens (including phenoxy) is 1. The van der Waals surface area contributed by atoms with Gasteiger partial charge in [-0.1, -0.05) is 0 Å². The molecule has 0 atom stereocenters. The lowest BCUT2D eigenvalue weighted by Crippen LogP contribution is -2.48. The van der Waals surface area contributed by atoms with E-state index < -0.39 is 0 Å². The van der Waals surface area contributed by atoms with Gasteiger partial charge in [-0.3, -0.25) is 9.59 Å². The Morgan fingerprint density at radius 2 is 1.83 bits per heavy atom. The van der Waals surface area contributed by atoms with Crippen molar-refractivity contribution in [3.05, 3.63) is 47.3 Å². The first kappa shape index (κ1) is 20.2. The van der Waals surface area contributed by atoms with Crippen LogP contribution in [0.2, 0.25) is 0 Å². The highest BCUT2D eigenvalue weighted by Gasteiger charge is 2.23. The molecule has 0 saturated carbocycles. The summed E-state index contributed by atoms with van der Waals surface area (Å²) in [6.45, 7) is 5.82. The van der Waals surface area contributed by atoms with Crippen LogP contribution in [0, 0.1) is 6.92 Å². The Balaban J connectivity index is 1.71. The van der Waals surface area contributed by atoms with Gasteiger partial charge in [0.15, 0.2) is 0 Å². The minimum absolute atomic E-state index is 0.193. The first-order valence-corrected chi connectivity index (χ1v) is 9.38. The molecule has 2 heterocycles. The van der Waals surface area contributed by atoms with Crippen molar-refractivity contribution in [2.24, 2.45) is 0 Å². The number of carbonyl (C=O) groups excluding carboxylic acids is 3. The summed E-state index contributed by atoms with van der Waals surface area (Å²) in [4.78, 5) is 47.3. The van der Waals surface area contributed by atoms with E-state index in [9.17, 15) is 14.4 Å². The number of esters is 1. The standard InChI is InChI=1S/C20H23N5O4/c1-3-29-19(28)15-4-6-16(7-5-15)22-20-21-14(2)12-17(23-20)18(27)25-10-8-24(13-26)9-11-25/h4-7,12-13H,3,8-11H2,1-2H3,(H,21,22,23). The molecule has 1 aromatic heterocycles. The molecule has 2 amide bonds. The Bertz CT molecular complexity index is 892. The van der Waals surface area contributed by atoms with Crippen molar-refractivity contribution in [3.63, 3.8) is 0 Å². The van der Waals surface area contributed by atoms with E-state index >= 15 is 0 Å². The summed E-state index contributed by atoms with van der Waals surface area (Å²) in [5.74, 6) is -0.279. The lowest BCUT2D eigenvalue weighted by molar-refractivity contribution is -0.119. The molecule has 1 saturated heterocycles. The number of aryl methyl sites for hydroxylation is 1. The largest absolute Gasteiger partial charge is 0.462 e. The zero-order chi connectivity index (χ0) is 20.8. The predicted octanol–water partition coefficient (Wildman–Crippen LogP) is 1.62. The Kier molecular flexibility index (Phi) is 6.38. The molecule has 1 aliphatic rings. The minimum Gasteiger partial charge on any atom is -0.462 e. The van der Waals surface area contributed by atoms with Gasteiger partial charge in [0.2, 0.25) is 12.4 Å². The lowest BCUT2D eigenvalue weighted by Gasteiger charge is -2.32. The van der Waals surface area contributed by atoms with Crippen LogP contribution in [0.5, 0.6) is 0 Å². The molecular weight excluding hydrogens is 374 g/mol. The van der Waals surface area contributed by atoms with E-state index in [-0.39, 0.29) is 11.9 Å². The number of amides is 2. The number of carbonyl (C=O) groups is 3. The maximum Gasteiger partial charge on any atom is 0.338 e. The molecule has 0 spiro atoms.